The SMILES string of the molecule is O=C(O)CN(C(=O)OCC1c2ccccc2-c2ccccc21)C1CC(F)(F)C1. The van der Waals surface area contributed by atoms with Crippen molar-refractivity contribution in [3.63, 3.8) is 0 Å². The number of carbonyl (C=O) groups excluding carboxylic acids is 1. The van der Waals surface area contributed by atoms with Crippen LogP contribution in [0.25, 0.3) is 11.1 Å². The molecule has 0 unspecified atom stereocenters. The van der Waals surface area contributed by atoms with Crippen molar-refractivity contribution in [2.75, 3.05) is 13.2 Å². The van der Waals surface area contributed by atoms with E-state index in [-0.39, 0.29) is 12.5 Å². The fourth-order valence-corrected chi connectivity index (χ4v) is 4.02. The van der Waals surface area contributed by atoms with Crippen LogP contribution in [0.4, 0.5) is 13.6 Å². The van der Waals surface area contributed by atoms with Gasteiger partial charge in [0.1, 0.15) is 13.2 Å². The number of nitrogens with zero attached hydrogens (tertiary/aromatic N) is 1. The average molecular weight is 387 g/mol. The highest BCUT2D eigenvalue weighted by atomic mass is 19.3. The Labute approximate surface area is 160 Å². The average Bonchev–Trinajstić information content (AvgIpc) is 2.96. The summed E-state index contributed by atoms with van der Waals surface area (Å²) < 4.78 is 31.8. The van der Waals surface area contributed by atoms with Crippen LogP contribution in [0.1, 0.15) is 29.9 Å². The van der Waals surface area contributed by atoms with Crippen LogP contribution in [0.5, 0.6) is 0 Å². The molecule has 0 spiro atoms. The second kappa shape index (κ2) is 6.89. The summed E-state index contributed by atoms with van der Waals surface area (Å²) in [6, 6.07) is 14.8. The first-order chi connectivity index (χ1) is 13.4. The lowest BCUT2D eigenvalue weighted by molar-refractivity contribution is -0.146. The first kappa shape index (κ1) is 18.4. The van der Waals surface area contributed by atoms with E-state index in [9.17, 15) is 18.4 Å². The maximum Gasteiger partial charge on any atom is 0.410 e. The van der Waals surface area contributed by atoms with Gasteiger partial charge >= 0.3 is 12.1 Å². The molecule has 0 heterocycles. The van der Waals surface area contributed by atoms with E-state index in [0.717, 1.165) is 27.2 Å². The van der Waals surface area contributed by atoms with Crippen molar-refractivity contribution in [1.29, 1.82) is 0 Å². The van der Waals surface area contributed by atoms with E-state index < -0.39 is 43.4 Å². The highest BCUT2D eigenvalue weighted by molar-refractivity contribution is 5.80. The number of carbonyl (C=O) groups is 2. The number of aliphatic carboxylic acids is 1. The van der Waals surface area contributed by atoms with Crippen molar-refractivity contribution in [2.24, 2.45) is 0 Å². The van der Waals surface area contributed by atoms with Gasteiger partial charge in [-0.15, -0.1) is 0 Å². The summed E-state index contributed by atoms with van der Waals surface area (Å²) in [6.07, 6.45) is -1.95. The van der Waals surface area contributed by atoms with E-state index in [1.54, 1.807) is 0 Å². The molecule has 2 aliphatic rings. The first-order valence-corrected chi connectivity index (χ1v) is 9.07. The molecule has 0 atom stereocenters. The molecule has 0 radical (unpaired) electrons. The minimum atomic E-state index is -2.86. The highest BCUT2D eigenvalue weighted by Crippen LogP contribution is 2.45. The number of ether oxygens (including phenoxy) is 1. The van der Waals surface area contributed by atoms with Gasteiger partial charge in [0, 0.05) is 24.8 Å². The number of halogens is 2. The zero-order valence-corrected chi connectivity index (χ0v) is 15.0. The topological polar surface area (TPSA) is 66.8 Å². The van der Waals surface area contributed by atoms with Gasteiger partial charge in [-0.05, 0) is 22.3 Å². The highest BCUT2D eigenvalue weighted by Gasteiger charge is 2.50. The Kier molecular flexibility index (Phi) is 4.53. The summed E-state index contributed by atoms with van der Waals surface area (Å²) in [5, 5.41) is 9.03. The number of hydrogen-bond donors (Lipinski definition) is 1. The monoisotopic (exact) mass is 387 g/mol. The summed E-state index contributed by atoms with van der Waals surface area (Å²) in [4.78, 5) is 24.5. The fourth-order valence-electron chi connectivity index (χ4n) is 4.02. The summed E-state index contributed by atoms with van der Waals surface area (Å²) in [7, 11) is 0. The second-order valence-corrected chi connectivity index (χ2v) is 7.24. The Bertz CT molecular complexity index is 877. The van der Waals surface area contributed by atoms with E-state index >= 15 is 0 Å². The lowest BCUT2D eigenvalue weighted by atomic mass is 9.87. The lowest BCUT2D eigenvalue weighted by Crippen LogP contribution is -2.54. The van der Waals surface area contributed by atoms with Gasteiger partial charge < -0.3 is 9.84 Å². The third kappa shape index (κ3) is 3.32. The van der Waals surface area contributed by atoms with Gasteiger partial charge in [0.25, 0.3) is 5.92 Å². The molecular formula is C21H19F2NO4. The predicted molar refractivity (Wildman–Crippen MR) is 97.4 cm³/mol. The van der Waals surface area contributed by atoms with E-state index in [1.165, 1.54) is 0 Å². The third-order valence-corrected chi connectivity index (χ3v) is 5.39. The van der Waals surface area contributed by atoms with Crippen LogP contribution in [-0.2, 0) is 9.53 Å². The Morgan fingerprint density at radius 3 is 2.07 bits per heavy atom. The number of alkyl halides is 2. The molecular weight excluding hydrogens is 368 g/mol. The van der Waals surface area contributed by atoms with E-state index in [2.05, 4.69) is 0 Å². The third-order valence-electron chi connectivity index (χ3n) is 5.39. The van der Waals surface area contributed by atoms with Crippen LogP contribution in [0.2, 0.25) is 0 Å². The number of rotatable bonds is 5. The Morgan fingerprint density at radius 1 is 1.04 bits per heavy atom. The van der Waals surface area contributed by atoms with Gasteiger partial charge in [-0.1, -0.05) is 48.5 Å². The number of hydrogen-bond acceptors (Lipinski definition) is 3. The van der Waals surface area contributed by atoms with Crippen LogP contribution in [0.15, 0.2) is 48.5 Å². The van der Waals surface area contributed by atoms with E-state index in [0.29, 0.717) is 0 Å². The van der Waals surface area contributed by atoms with Crippen LogP contribution in [0.3, 0.4) is 0 Å². The van der Waals surface area contributed by atoms with Crippen LogP contribution >= 0.6 is 0 Å². The van der Waals surface area contributed by atoms with Crippen molar-refractivity contribution in [1.82, 2.24) is 4.90 Å². The molecule has 4 rings (SSSR count). The Hall–Kier alpha value is -2.96. The standard InChI is InChI=1S/C21H19F2NO4/c22-21(23)9-13(10-21)24(11-19(25)26)20(27)28-12-18-16-7-3-1-5-14(16)15-6-2-4-8-17(15)18/h1-8,13,18H,9-12H2,(H,25,26). The minimum Gasteiger partial charge on any atom is -0.480 e. The minimum absolute atomic E-state index is 0.0199. The summed E-state index contributed by atoms with van der Waals surface area (Å²) in [5.41, 5.74) is 4.19. The number of carboxylic acids is 1. The first-order valence-electron chi connectivity index (χ1n) is 9.07. The lowest BCUT2D eigenvalue weighted by Gasteiger charge is -2.41. The molecule has 1 fully saturated rings. The van der Waals surface area contributed by atoms with Crippen molar-refractivity contribution in [3.8, 4) is 11.1 Å². The summed E-state index contributed by atoms with van der Waals surface area (Å²) >= 11 is 0. The normalized spacial score (nSPS) is 17.4. The largest absolute Gasteiger partial charge is 0.480 e. The fraction of sp³-hybridized carbons (Fsp3) is 0.333. The predicted octanol–water partition coefficient (Wildman–Crippen LogP) is 4.12. The van der Waals surface area contributed by atoms with Crippen molar-refractivity contribution in [3.05, 3.63) is 59.7 Å². The zero-order valence-electron chi connectivity index (χ0n) is 15.0. The maximum absolute atomic E-state index is 13.2. The molecule has 7 heteroatoms. The maximum atomic E-state index is 13.2. The van der Waals surface area contributed by atoms with Crippen LogP contribution < -0.4 is 0 Å². The quantitative estimate of drug-likeness (QED) is 0.838. The molecule has 2 aromatic rings. The van der Waals surface area contributed by atoms with Crippen LogP contribution in [-0.4, -0.2) is 47.2 Å². The van der Waals surface area contributed by atoms with Crippen molar-refractivity contribution in [2.45, 2.75) is 30.7 Å². The molecule has 1 N–H and O–H groups in total. The molecule has 1 saturated carbocycles. The molecule has 0 aromatic heterocycles. The zero-order chi connectivity index (χ0) is 19.9. The summed E-state index contributed by atoms with van der Waals surface area (Å²) in [6.45, 7) is -0.635. The van der Waals surface area contributed by atoms with Gasteiger partial charge in [0.2, 0.25) is 0 Å². The molecule has 2 aromatic carbocycles. The number of amides is 1. The number of fused-ring (bicyclic) bond motifs is 3. The second-order valence-electron chi connectivity index (χ2n) is 7.24. The molecule has 146 valence electrons. The molecule has 28 heavy (non-hydrogen) atoms. The molecule has 0 bridgehead atoms. The number of benzene rings is 2. The number of carboxylic acid groups (broad SMARTS) is 1. The van der Waals surface area contributed by atoms with Crippen molar-refractivity contribution >= 4 is 12.1 Å². The molecule has 0 saturated heterocycles. The Balaban J connectivity index is 1.50. The summed E-state index contributed by atoms with van der Waals surface area (Å²) in [5.74, 6) is -4.29. The van der Waals surface area contributed by atoms with E-state index in [1.807, 2.05) is 48.5 Å². The Morgan fingerprint density at radius 2 is 1.57 bits per heavy atom. The van der Waals surface area contributed by atoms with Gasteiger partial charge in [0.05, 0.1) is 0 Å². The van der Waals surface area contributed by atoms with E-state index in [4.69, 9.17) is 9.84 Å². The molecule has 2 aliphatic carbocycles. The van der Waals surface area contributed by atoms with Crippen LogP contribution in [0, 0.1) is 0 Å². The van der Waals surface area contributed by atoms with Gasteiger partial charge in [-0.25, -0.2) is 13.6 Å². The van der Waals surface area contributed by atoms with Gasteiger partial charge in [-0.3, -0.25) is 9.69 Å². The molecule has 1 amide bonds. The smallest absolute Gasteiger partial charge is 0.410 e. The molecule has 5 nitrogen and oxygen atoms in total. The van der Waals surface area contributed by atoms with Gasteiger partial charge in [-0.2, -0.15) is 0 Å². The van der Waals surface area contributed by atoms with Gasteiger partial charge in [0.15, 0.2) is 0 Å². The molecule has 0 aliphatic heterocycles. The van der Waals surface area contributed by atoms with Crippen molar-refractivity contribution < 1.29 is 28.2 Å².